The van der Waals surface area contributed by atoms with E-state index in [9.17, 15) is 4.79 Å². The van der Waals surface area contributed by atoms with Crippen molar-refractivity contribution in [1.82, 2.24) is 0 Å². The second-order valence-electron chi connectivity index (χ2n) is 5.67. The molecular weight excluding hydrogens is 208 g/mol. The fraction of sp³-hybridized carbons (Fsp3) is 0.312. The molecule has 0 radical (unpaired) electrons. The van der Waals surface area contributed by atoms with Crippen molar-refractivity contribution in [3.8, 4) is 0 Å². The molecule has 0 amide bonds. The minimum absolute atomic E-state index is 0.211. The molecule has 1 aliphatic carbocycles. The monoisotopic (exact) mass is 224 g/mol. The van der Waals surface area contributed by atoms with E-state index < -0.39 is 0 Å². The summed E-state index contributed by atoms with van der Waals surface area (Å²) < 4.78 is 0. The lowest BCUT2D eigenvalue weighted by atomic mass is 9.99. The van der Waals surface area contributed by atoms with Crippen molar-refractivity contribution in [2.75, 3.05) is 0 Å². The van der Waals surface area contributed by atoms with Gasteiger partial charge in [0, 0.05) is 11.5 Å². The van der Waals surface area contributed by atoms with Crippen molar-refractivity contribution in [2.24, 2.45) is 11.3 Å². The van der Waals surface area contributed by atoms with Crippen LogP contribution in [0.15, 0.2) is 42.5 Å². The maximum absolute atomic E-state index is 12.3. The second-order valence-corrected chi connectivity index (χ2v) is 5.67. The molecular formula is C16H16O. The molecule has 1 fully saturated rings. The van der Waals surface area contributed by atoms with Gasteiger partial charge in [-0.25, -0.2) is 0 Å². The predicted molar refractivity (Wildman–Crippen MR) is 70.2 cm³/mol. The second kappa shape index (κ2) is 3.43. The van der Waals surface area contributed by atoms with Crippen LogP contribution in [0, 0.1) is 11.3 Å². The van der Waals surface area contributed by atoms with E-state index in [2.05, 4.69) is 26.0 Å². The topological polar surface area (TPSA) is 17.1 Å². The Hall–Kier alpha value is -1.63. The van der Waals surface area contributed by atoms with Crippen LogP contribution >= 0.6 is 0 Å². The zero-order chi connectivity index (χ0) is 12.0. The van der Waals surface area contributed by atoms with Gasteiger partial charge in [0.25, 0.3) is 0 Å². The first kappa shape index (κ1) is 10.5. The Morgan fingerprint density at radius 3 is 2.41 bits per heavy atom. The van der Waals surface area contributed by atoms with Crippen LogP contribution in [-0.4, -0.2) is 5.78 Å². The Labute approximate surface area is 101 Å². The molecule has 0 saturated heterocycles. The number of Topliss-reactive ketones (excluding diaryl/α,β-unsaturated/α-hetero) is 1. The molecule has 0 heterocycles. The van der Waals surface area contributed by atoms with Crippen LogP contribution in [0.1, 0.15) is 30.6 Å². The first-order valence-corrected chi connectivity index (χ1v) is 6.11. The SMILES string of the molecule is CC1(C)CC1C(=O)c1ccc2ccccc2c1. The summed E-state index contributed by atoms with van der Waals surface area (Å²) in [5.41, 5.74) is 1.07. The molecule has 1 unspecified atom stereocenters. The molecule has 86 valence electrons. The van der Waals surface area contributed by atoms with Gasteiger partial charge in [-0.05, 0) is 28.7 Å². The van der Waals surface area contributed by atoms with Crippen LogP contribution in [0.5, 0.6) is 0 Å². The minimum Gasteiger partial charge on any atom is -0.294 e. The molecule has 2 aromatic carbocycles. The Bertz CT molecular complexity index is 595. The number of rotatable bonds is 2. The van der Waals surface area contributed by atoms with Crippen LogP contribution in [0.25, 0.3) is 10.8 Å². The molecule has 1 saturated carbocycles. The van der Waals surface area contributed by atoms with Crippen molar-refractivity contribution in [2.45, 2.75) is 20.3 Å². The van der Waals surface area contributed by atoms with Crippen molar-refractivity contribution in [3.63, 3.8) is 0 Å². The van der Waals surface area contributed by atoms with Gasteiger partial charge in [-0.15, -0.1) is 0 Å². The van der Waals surface area contributed by atoms with Crippen LogP contribution in [0.3, 0.4) is 0 Å². The summed E-state index contributed by atoms with van der Waals surface area (Å²) in [6.45, 7) is 4.33. The zero-order valence-electron chi connectivity index (χ0n) is 10.2. The number of benzene rings is 2. The van der Waals surface area contributed by atoms with Crippen molar-refractivity contribution >= 4 is 16.6 Å². The van der Waals surface area contributed by atoms with Crippen LogP contribution in [0.4, 0.5) is 0 Å². The summed E-state index contributed by atoms with van der Waals surface area (Å²) in [6.07, 6.45) is 1.03. The summed E-state index contributed by atoms with van der Waals surface area (Å²) in [7, 11) is 0. The third-order valence-corrected chi connectivity index (χ3v) is 3.86. The average Bonchev–Trinajstić information content (AvgIpc) is 2.97. The van der Waals surface area contributed by atoms with Gasteiger partial charge in [-0.3, -0.25) is 4.79 Å². The lowest BCUT2D eigenvalue weighted by Gasteiger charge is -2.04. The molecule has 0 aromatic heterocycles. The maximum atomic E-state index is 12.3. The van der Waals surface area contributed by atoms with Gasteiger partial charge in [0.05, 0.1) is 0 Å². The van der Waals surface area contributed by atoms with E-state index in [1.165, 1.54) is 5.39 Å². The summed E-state index contributed by atoms with van der Waals surface area (Å²) in [5.74, 6) is 0.532. The normalized spacial score (nSPS) is 21.4. The lowest BCUT2D eigenvalue weighted by Crippen LogP contribution is -2.06. The molecule has 0 spiro atoms. The Kier molecular flexibility index (Phi) is 2.12. The number of ketones is 1. The smallest absolute Gasteiger partial charge is 0.166 e. The van der Waals surface area contributed by atoms with E-state index in [4.69, 9.17) is 0 Å². The van der Waals surface area contributed by atoms with E-state index in [0.717, 1.165) is 17.4 Å². The standard InChI is InChI=1S/C16H16O/c1-16(2)10-14(16)15(17)13-8-7-11-5-3-4-6-12(11)9-13/h3-9,14H,10H2,1-2H3. The first-order valence-electron chi connectivity index (χ1n) is 6.11. The molecule has 0 N–H and O–H groups in total. The van der Waals surface area contributed by atoms with Gasteiger partial charge in [-0.2, -0.15) is 0 Å². The summed E-state index contributed by atoms with van der Waals surface area (Å²) in [6, 6.07) is 14.2. The quantitative estimate of drug-likeness (QED) is 0.703. The highest BCUT2D eigenvalue weighted by atomic mass is 16.1. The maximum Gasteiger partial charge on any atom is 0.166 e. The molecule has 1 nitrogen and oxygen atoms in total. The van der Waals surface area contributed by atoms with Gasteiger partial charge in [0.1, 0.15) is 0 Å². The van der Waals surface area contributed by atoms with Crippen molar-refractivity contribution in [3.05, 3.63) is 48.0 Å². The molecule has 0 bridgehead atoms. The molecule has 0 aliphatic heterocycles. The van der Waals surface area contributed by atoms with E-state index in [-0.39, 0.29) is 11.3 Å². The first-order chi connectivity index (χ1) is 8.08. The van der Waals surface area contributed by atoms with Gasteiger partial charge >= 0.3 is 0 Å². The number of hydrogen-bond donors (Lipinski definition) is 0. The number of hydrogen-bond acceptors (Lipinski definition) is 1. The van der Waals surface area contributed by atoms with Gasteiger partial charge < -0.3 is 0 Å². The van der Waals surface area contributed by atoms with Crippen LogP contribution in [0.2, 0.25) is 0 Å². The fourth-order valence-electron chi connectivity index (χ4n) is 2.46. The summed E-state index contributed by atoms with van der Waals surface area (Å²) in [4.78, 5) is 12.3. The fourth-order valence-corrected chi connectivity index (χ4v) is 2.46. The average molecular weight is 224 g/mol. The van der Waals surface area contributed by atoms with Crippen LogP contribution in [-0.2, 0) is 0 Å². The van der Waals surface area contributed by atoms with E-state index in [1.54, 1.807) is 0 Å². The Morgan fingerprint density at radius 1 is 1.12 bits per heavy atom. The highest BCUT2D eigenvalue weighted by Gasteiger charge is 2.50. The molecule has 3 rings (SSSR count). The largest absolute Gasteiger partial charge is 0.294 e. The van der Waals surface area contributed by atoms with Gasteiger partial charge in [0.2, 0.25) is 0 Å². The van der Waals surface area contributed by atoms with Gasteiger partial charge in [-0.1, -0.05) is 50.2 Å². The third kappa shape index (κ3) is 1.76. The number of carbonyl (C=O) groups is 1. The van der Waals surface area contributed by atoms with Crippen molar-refractivity contribution < 1.29 is 4.79 Å². The number of fused-ring (bicyclic) bond motifs is 1. The molecule has 1 heteroatoms. The Morgan fingerprint density at radius 2 is 1.76 bits per heavy atom. The molecule has 17 heavy (non-hydrogen) atoms. The van der Waals surface area contributed by atoms with E-state index >= 15 is 0 Å². The highest BCUT2D eigenvalue weighted by Crippen LogP contribution is 2.53. The molecule has 1 aliphatic rings. The third-order valence-electron chi connectivity index (χ3n) is 3.86. The lowest BCUT2D eigenvalue weighted by molar-refractivity contribution is 0.0953. The molecule has 1 atom stereocenters. The Balaban J connectivity index is 1.99. The summed E-state index contributed by atoms with van der Waals surface area (Å²) in [5, 5.41) is 2.34. The number of carbonyl (C=O) groups excluding carboxylic acids is 1. The van der Waals surface area contributed by atoms with E-state index in [1.807, 2.05) is 30.3 Å². The predicted octanol–water partition coefficient (Wildman–Crippen LogP) is 4.07. The van der Waals surface area contributed by atoms with E-state index in [0.29, 0.717) is 5.78 Å². The molecule has 2 aromatic rings. The summed E-state index contributed by atoms with van der Waals surface area (Å²) >= 11 is 0. The zero-order valence-corrected chi connectivity index (χ0v) is 10.2. The van der Waals surface area contributed by atoms with Crippen LogP contribution < -0.4 is 0 Å². The van der Waals surface area contributed by atoms with Crippen molar-refractivity contribution in [1.29, 1.82) is 0 Å². The highest BCUT2D eigenvalue weighted by molar-refractivity contribution is 6.03. The van der Waals surface area contributed by atoms with Gasteiger partial charge in [0.15, 0.2) is 5.78 Å². The minimum atomic E-state index is 0.211.